The van der Waals surface area contributed by atoms with Gasteiger partial charge >= 0.3 is 5.97 Å². The van der Waals surface area contributed by atoms with Crippen molar-refractivity contribution in [1.82, 2.24) is 0 Å². The van der Waals surface area contributed by atoms with Gasteiger partial charge in [-0.05, 0) is 30.9 Å². The molecule has 0 heterocycles. The van der Waals surface area contributed by atoms with Crippen LogP contribution in [0.25, 0.3) is 0 Å². The van der Waals surface area contributed by atoms with E-state index < -0.39 is 11.9 Å². The van der Waals surface area contributed by atoms with E-state index in [9.17, 15) is 9.18 Å². The quantitative estimate of drug-likeness (QED) is 0.768. The molecule has 0 aliphatic heterocycles. The van der Waals surface area contributed by atoms with Crippen LogP contribution in [0.4, 0.5) is 4.39 Å². The number of allylic oxidation sites excluding steroid dienone is 1. The van der Waals surface area contributed by atoms with Gasteiger partial charge in [-0.15, -0.1) is 0 Å². The normalized spacial score (nSPS) is 12.1. The maximum atomic E-state index is 13.4. The van der Waals surface area contributed by atoms with Crippen LogP contribution in [0.5, 0.6) is 0 Å². The van der Waals surface area contributed by atoms with E-state index in [2.05, 4.69) is 6.58 Å². The molecule has 92 valence electrons. The first kappa shape index (κ1) is 13.4. The van der Waals surface area contributed by atoms with E-state index in [0.717, 1.165) is 12.0 Å². The zero-order chi connectivity index (χ0) is 12.8. The van der Waals surface area contributed by atoms with Gasteiger partial charge in [-0.2, -0.15) is 0 Å². The fraction of sp³-hybridized carbons (Fsp3) is 0.357. The molecule has 0 aliphatic rings. The average molecular weight is 236 g/mol. The van der Waals surface area contributed by atoms with Crippen molar-refractivity contribution in [3.05, 3.63) is 47.8 Å². The Morgan fingerprint density at radius 3 is 2.65 bits per heavy atom. The Labute approximate surface area is 101 Å². The molecule has 17 heavy (non-hydrogen) atoms. The number of hydrogen-bond donors (Lipinski definition) is 1. The van der Waals surface area contributed by atoms with Crippen LogP contribution in [-0.4, -0.2) is 11.1 Å². The summed E-state index contributed by atoms with van der Waals surface area (Å²) in [6.07, 6.45) is 1.36. The smallest absolute Gasteiger partial charge is 0.307 e. The maximum Gasteiger partial charge on any atom is 0.307 e. The summed E-state index contributed by atoms with van der Waals surface area (Å²) >= 11 is 0. The summed E-state index contributed by atoms with van der Waals surface area (Å²) < 4.78 is 13.4. The van der Waals surface area contributed by atoms with E-state index >= 15 is 0 Å². The van der Waals surface area contributed by atoms with Gasteiger partial charge in [0.05, 0.1) is 5.92 Å². The van der Waals surface area contributed by atoms with Gasteiger partial charge in [0, 0.05) is 0 Å². The predicted octanol–water partition coefficient (Wildman–Crippen LogP) is 3.43. The van der Waals surface area contributed by atoms with Gasteiger partial charge in [0.15, 0.2) is 0 Å². The van der Waals surface area contributed by atoms with Gasteiger partial charge in [-0.1, -0.05) is 37.3 Å². The Morgan fingerprint density at radius 1 is 1.47 bits per heavy atom. The summed E-state index contributed by atoms with van der Waals surface area (Å²) in [5, 5.41) is 9.11. The fourth-order valence-electron chi connectivity index (χ4n) is 1.67. The molecule has 3 heteroatoms. The second-order valence-electron chi connectivity index (χ2n) is 4.14. The van der Waals surface area contributed by atoms with Crippen LogP contribution in [0.3, 0.4) is 0 Å². The van der Waals surface area contributed by atoms with Crippen LogP contribution in [0.1, 0.15) is 25.3 Å². The fourth-order valence-corrected chi connectivity index (χ4v) is 1.67. The molecule has 1 unspecified atom stereocenters. The Hall–Kier alpha value is -1.64. The molecule has 1 atom stereocenters. The van der Waals surface area contributed by atoms with E-state index in [-0.39, 0.29) is 12.2 Å². The number of halogens is 1. The zero-order valence-corrected chi connectivity index (χ0v) is 9.95. The summed E-state index contributed by atoms with van der Waals surface area (Å²) in [7, 11) is 0. The molecule has 1 N–H and O–H groups in total. The molecule has 1 aromatic rings. The molecule has 0 saturated carbocycles. The van der Waals surface area contributed by atoms with Crippen LogP contribution >= 0.6 is 0 Å². The molecule has 0 aliphatic carbocycles. The Morgan fingerprint density at radius 2 is 2.12 bits per heavy atom. The molecule has 1 rings (SSSR count). The van der Waals surface area contributed by atoms with Crippen molar-refractivity contribution < 1.29 is 14.3 Å². The van der Waals surface area contributed by atoms with Crippen molar-refractivity contribution >= 4 is 5.97 Å². The molecular weight excluding hydrogens is 219 g/mol. The van der Waals surface area contributed by atoms with Crippen LogP contribution in [0.2, 0.25) is 0 Å². The van der Waals surface area contributed by atoms with Crippen molar-refractivity contribution in [3.63, 3.8) is 0 Å². The van der Waals surface area contributed by atoms with Crippen LogP contribution < -0.4 is 0 Å². The van der Waals surface area contributed by atoms with Crippen LogP contribution in [0, 0.1) is 11.7 Å². The number of carboxylic acids is 1. The van der Waals surface area contributed by atoms with Crippen molar-refractivity contribution in [3.8, 4) is 0 Å². The number of carboxylic acid groups (broad SMARTS) is 1. The highest BCUT2D eigenvalue weighted by atomic mass is 19.1. The third kappa shape index (κ3) is 4.02. The topological polar surface area (TPSA) is 37.3 Å². The third-order valence-corrected chi connectivity index (χ3v) is 2.81. The Kier molecular flexibility index (Phi) is 4.88. The monoisotopic (exact) mass is 236 g/mol. The second-order valence-corrected chi connectivity index (χ2v) is 4.14. The van der Waals surface area contributed by atoms with Gasteiger partial charge in [0.25, 0.3) is 0 Å². The van der Waals surface area contributed by atoms with Crippen molar-refractivity contribution in [1.29, 1.82) is 0 Å². The first-order valence-corrected chi connectivity index (χ1v) is 5.67. The minimum Gasteiger partial charge on any atom is -0.481 e. The lowest BCUT2D eigenvalue weighted by molar-refractivity contribution is -0.141. The lowest BCUT2D eigenvalue weighted by Gasteiger charge is -2.13. The summed E-state index contributed by atoms with van der Waals surface area (Å²) in [4.78, 5) is 11.1. The molecule has 2 nitrogen and oxygen atoms in total. The predicted molar refractivity (Wildman–Crippen MR) is 65.3 cm³/mol. The maximum absolute atomic E-state index is 13.4. The number of hydrogen-bond acceptors (Lipinski definition) is 1. The van der Waals surface area contributed by atoms with E-state index in [1.165, 1.54) is 6.07 Å². The molecule has 1 aromatic carbocycles. The summed E-state index contributed by atoms with van der Waals surface area (Å²) in [5.74, 6) is -1.84. The number of aliphatic carboxylic acids is 1. The lowest BCUT2D eigenvalue weighted by Crippen LogP contribution is -2.17. The first-order valence-electron chi connectivity index (χ1n) is 5.67. The SMILES string of the molecule is C=C(CC)CC(Cc1ccccc1F)C(=O)O. The van der Waals surface area contributed by atoms with Gasteiger partial charge in [0.2, 0.25) is 0 Å². The number of carbonyl (C=O) groups is 1. The molecule has 0 amide bonds. The van der Waals surface area contributed by atoms with Crippen LogP contribution in [-0.2, 0) is 11.2 Å². The highest BCUT2D eigenvalue weighted by Gasteiger charge is 2.20. The van der Waals surface area contributed by atoms with Crippen molar-refractivity contribution in [2.24, 2.45) is 5.92 Å². The molecule has 0 fully saturated rings. The Balaban J connectivity index is 2.77. The standard InChI is InChI=1S/C14H17FO2/c1-3-10(2)8-12(14(16)17)9-11-6-4-5-7-13(11)15/h4-7,12H,2-3,8-9H2,1H3,(H,16,17). The molecule has 0 aromatic heterocycles. The molecule has 0 radical (unpaired) electrons. The van der Waals surface area contributed by atoms with E-state index in [4.69, 9.17) is 5.11 Å². The zero-order valence-electron chi connectivity index (χ0n) is 9.95. The molecule has 0 bridgehead atoms. The number of benzene rings is 1. The van der Waals surface area contributed by atoms with Gasteiger partial charge in [-0.25, -0.2) is 4.39 Å². The molecule has 0 saturated heterocycles. The van der Waals surface area contributed by atoms with E-state index in [1.54, 1.807) is 18.2 Å². The minimum atomic E-state index is -0.900. The van der Waals surface area contributed by atoms with E-state index in [0.29, 0.717) is 12.0 Å². The molecule has 0 spiro atoms. The third-order valence-electron chi connectivity index (χ3n) is 2.81. The number of rotatable bonds is 6. The van der Waals surface area contributed by atoms with Crippen molar-refractivity contribution in [2.45, 2.75) is 26.2 Å². The lowest BCUT2D eigenvalue weighted by atomic mass is 9.92. The highest BCUT2D eigenvalue weighted by molar-refractivity contribution is 5.70. The van der Waals surface area contributed by atoms with Gasteiger partial charge < -0.3 is 5.11 Å². The van der Waals surface area contributed by atoms with Crippen molar-refractivity contribution in [2.75, 3.05) is 0 Å². The Bertz CT molecular complexity index is 412. The average Bonchev–Trinajstić information content (AvgIpc) is 2.30. The van der Waals surface area contributed by atoms with Gasteiger partial charge in [-0.3, -0.25) is 4.79 Å². The summed E-state index contributed by atoms with van der Waals surface area (Å²) in [5.41, 5.74) is 1.33. The largest absolute Gasteiger partial charge is 0.481 e. The summed E-state index contributed by atoms with van der Waals surface area (Å²) in [6, 6.07) is 6.29. The van der Waals surface area contributed by atoms with Crippen LogP contribution in [0.15, 0.2) is 36.4 Å². The second kappa shape index (κ2) is 6.18. The van der Waals surface area contributed by atoms with Gasteiger partial charge in [0.1, 0.15) is 5.82 Å². The van der Waals surface area contributed by atoms with E-state index in [1.807, 2.05) is 6.92 Å². The minimum absolute atomic E-state index is 0.209. The molecular formula is C14H17FO2. The highest BCUT2D eigenvalue weighted by Crippen LogP contribution is 2.20. The first-order chi connectivity index (χ1) is 8.04. The summed E-state index contributed by atoms with van der Waals surface area (Å²) in [6.45, 7) is 5.74.